The summed E-state index contributed by atoms with van der Waals surface area (Å²) in [4.78, 5) is 42.0. The number of para-hydroxylation sites is 2. The summed E-state index contributed by atoms with van der Waals surface area (Å²) in [5, 5.41) is 24.3. The molecule has 0 spiro atoms. The van der Waals surface area contributed by atoms with Crippen LogP contribution in [0.25, 0.3) is 11.0 Å². The average molecular weight is 687 g/mol. The van der Waals surface area contributed by atoms with E-state index in [0.29, 0.717) is 28.8 Å². The molecule has 42 heavy (non-hydrogen) atoms. The Balaban J connectivity index is 1.54. The Morgan fingerprint density at radius 3 is 2.57 bits per heavy atom. The van der Waals surface area contributed by atoms with Crippen molar-refractivity contribution in [2.75, 3.05) is 19.7 Å². The van der Waals surface area contributed by atoms with Crippen molar-refractivity contribution >= 4 is 45.4 Å². The zero-order valence-electron chi connectivity index (χ0n) is 23.2. The number of hydrogen-bond acceptors (Lipinski definition) is 7. The van der Waals surface area contributed by atoms with Crippen molar-refractivity contribution in [2.45, 2.75) is 56.8 Å². The Morgan fingerprint density at radius 1 is 1.07 bits per heavy atom. The van der Waals surface area contributed by atoms with Crippen LogP contribution in [-0.2, 0) is 4.79 Å². The van der Waals surface area contributed by atoms with Crippen molar-refractivity contribution in [3.8, 4) is 5.75 Å². The number of carbonyl (C=O) groups is 2. The van der Waals surface area contributed by atoms with Gasteiger partial charge in [-0.1, -0.05) is 49.6 Å². The highest BCUT2D eigenvalue weighted by atomic mass is 127. The van der Waals surface area contributed by atoms with Crippen molar-refractivity contribution in [1.29, 1.82) is 0 Å². The van der Waals surface area contributed by atoms with Crippen molar-refractivity contribution in [2.24, 2.45) is 5.92 Å². The van der Waals surface area contributed by atoms with E-state index in [1.807, 2.05) is 18.2 Å². The molecular weight excluding hydrogens is 651 g/mol. The quantitative estimate of drug-likeness (QED) is 0.229. The van der Waals surface area contributed by atoms with Gasteiger partial charge in [0.25, 0.3) is 5.91 Å². The lowest BCUT2D eigenvalue weighted by atomic mass is 9.85. The second kappa shape index (κ2) is 13.8. The summed E-state index contributed by atoms with van der Waals surface area (Å²) < 4.78 is 12.6. The second-order valence-electron chi connectivity index (χ2n) is 10.9. The van der Waals surface area contributed by atoms with E-state index >= 15 is 0 Å². The minimum Gasteiger partial charge on any atom is -0.482 e. The Morgan fingerprint density at radius 2 is 1.81 bits per heavy atom. The first-order valence-corrected chi connectivity index (χ1v) is 15.5. The number of benzene rings is 2. The van der Waals surface area contributed by atoms with Crippen LogP contribution < -0.4 is 15.7 Å². The lowest BCUT2D eigenvalue weighted by Crippen LogP contribution is -2.56. The third-order valence-corrected chi connectivity index (χ3v) is 8.92. The largest absolute Gasteiger partial charge is 0.482 e. The van der Waals surface area contributed by atoms with E-state index in [2.05, 4.69) is 27.9 Å². The molecule has 1 heterocycles. The molecule has 9 nitrogen and oxygen atoms in total. The molecule has 1 fully saturated rings. The van der Waals surface area contributed by atoms with E-state index in [9.17, 15) is 24.6 Å². The summed E-state index contributed by atoms with van der Waals surface area (Å²) in [5.41, 5.74) is -0.151. The van der Waals surface area contributed by atoms with Gasteiger partial charge in [0.2, 0.25) is 5.91 Å². The molecule has 222 valence electrons. The van der Waals surface area contributed by atoms with Crippen molar-refractivity contribution in [3.05, 3.63) is 85.8 Å². The number of ether oxygens (including phenoxy) is 1. The number of amides is 2. The molecule has 3 aromatic rings. The first-order chi connectivity index (χ1) is 20.4. The summed E-state index contributed by atoms with van der Waals surface area (Å²) >= 11 is 2.14. The highest BCUT2D eigenvalue weighted by molar-refractivity contribution is 14.1. The van der Waals surface area contributed by atoms with Crippen molar-refractivity contribution < 1.29 is 29.0 Å². The summed E-state index contributed by atoms with van der Waals surface area (Å²) in [6.07, 6.45) is 4.61. The van der Waals surface area contributed by atoms with Gasteiger partial charge in [-0.3, -0.25) is 9.59 Å². The first-order valence-electron chi connectivity index (χ1n) is 14.4. The van der Waals surface area contributed by atoms with Gasteiger partial charge >= 0.3 is 5.63 Å². The third kappa shape index (κ3) is 6.87. The molecule has 0 unspecified atom stereocenters. The molecule has 3 N–H and O–H groups in total. The molecule has 2 aliphatic carbocycles. The van der Waals surface area contributed by atoms with Gasteiger partial charge < -0.3 is 29.6 Å². The Bertz CT molecular complexity index is 1510. The van der Waals surface area contributed by atoms with E-state index in [4.69, 9.17) is 9.15 Å². The predicted molar refractivity (Wildman–Crippen MR) is 166 cm³/mol. The Labute approximate surface area is 257 Å². The lowest BCUT2D eigenvalue weighted by Gasteiger charge is -2.42. The Kier molecular flexibility index (Phi) is 9.96. The molecule has 2 aliphatic rings. The summed E-state index contributed by atoms with van der Waals surface area (Å²) in [5.74, 6) is -0.231. The summed E-state index contributed by atoms with van der Waals surface area (Å²) in [6.45, 7) is 0.166. The van der Waals surface area contributed by atoms with Gasteiger partial charge in [0.1, 0.15) is 29.1 Å². The van der Waals surface area contributed by atoms with Crippen LogP contribution in [0.3, 0.4) is 0 Å². The topological polar surface area (TPSA) is 129 Å². The number of aliphatic hydroxyl groups is 2. The van der Waals surface area contributed by atoms with Gasteiger partial charge in [0, 0.05) is 30.5 Å². The fourth-order valence-electron chi connectivity index (χ4n) is 5.85. The fraction of sp³-hybridized carbons (Fsp3) is 0.406. The number of carbonyl (C=O) groups excluding carboxylic acids is 2. The smallest absolute Gasteiger partial charge is 0.349 e. The molecule has 0 saturated heterocycles. The molecular formula is C32H35IN2O7. The number of halogens is 1. The van der Waals surface area contributed by atoms with E-state index in [-0.39, 0.29) is 31.1 Å². The molecule has 2 amide bonds. The van der Waals surface area contributed by atoms with Crippen LogP contribution in [0.5, 0.6) is 5.75 Å². The van der Waals surface area contributed by atoms with Gasteiger partial charge in [-0.25, -0.2) is 4.79 Å². The second-order valence-corrected chi connectivity index (χ2v) is 12.1. The Hall–Kier alpha value is -3.22. The molecule has 0 aliphatic heterocycles. The van der Waals surface area contributed by atoms with Crippen LogP contribution in [-0.4, -0.2) is 64.9 Å². The van der Waals surface area contributed by atoms with Gasteiger partial charge in [-0.05, 0) is 71.7 Å². The molecule has 1 saturated carbocycles. The van der Waals surface area contributed by atoms with E-state index in [1.165, 1.54) is 6.07 Å². The number of fused-ring (bicyclic) bond motifs is 1. The molecule has 0 radical (unpaired) electrons. The van der Waals surface area contributed by atoms with Crippen LogP contribution in [0, 0.1) is 9.49 Å². The van der Waals surface area contributed by atoms with E-state index < -0.39 is 35.7 Å². The van der Waals surface area contributed by atoms with Crippen LogP contribution >= 0.6 is 22.6 Å². The SMILES string of the molecule is O=C(NCCO)C1=C[C@H](Oc2ccccc2I)[C@@H](O)[C@H](N(CC2CCCCC2)C(=O)c2cc3ccccc3oc2=O)C1. The number of hydrogen-bond donors (Lipinski definition) is 3. The maximum atomic E-state index is 14.3. The zero-order chi connectivity index (χ0) is 29.6. The van der Waals surface area contributed by atoms with E-state index in [1.54, 1.807) is 41.3 Å². The van der Waals surface area contributed by atoms with Gasteiger partial charge in [-0.2, -0.15) is 0 Å². The number of nitrogens with zero attached hydrogens (tertiary/aromatic N) is 1. The highest BCUT2D eigenvalue weighted by Crippen LogP contribution is 2.33. The van der Waals surface area contributed by atoms with Crippen LogP contribution in [0.1, 0.15) is 48.9 Å². The molecule has 3 atom stereocenters. The summed E-state index contributed by atoms with van der Waals surface area (Å²) in [6, 6.07) is 15.0. The molecule has 2 aromatic carbocycles. The number of nitrogens with one attached hydrogen (secondary N) is 1. The average Bonchev–Trinajstić information content (AvgIpc) is 3.00. The van der Waals surface area contributed by atoms with Crippen LogP contribution in [0.15, 0.2) is 75.5 Å². The normalized spacial score (nSPS) is 21.0. The first kappa shape index (κ1) is 30.2. The van der Waals surface area contributed by atoms with Gasteiger partial charge in [0.05, 0.1) is 16.2 Å². The van der Waals surface area contributed by atoms with E-state index in [0.717, 1.165) is 35.7 Å². The maximum absolute atomic E-state index is 14.3. The van der Waals surface area contributed by atoms with Crippen LogP contribution in [0.2, 0.25) is 0 Å². The third-order valence-electron chi connectivity index (χ3n) is 8.03. The van der Waals surface area contributed by atoms with Crippen molar-refractivity contribution in [1.82, 2.24) is 10.2 Å². The monoisotopic (exact) mass is 686 g/mol. The van der Waals surface area contributed by atoms with Crippen LogP contribution in [0.4, 0.5) is 0 Å². The standard InChI is InChI=1S/C32H35IN2O7/c33-24-11-5-7-13-27(24)41-28-18-22(30(38)34-14-15-36)17-25(29(28)37)35(19-20-8-2-1-3-9-20)31(39)23-16-21-10-4-6-12-26(21)42-32(23)40/h4-7,10-13,16,18,20,25,28-29,36-37H,1-3,8-9,14-15,17,19H2,(H,34,38)/t25-,28+,29+/m1/s1. The molecule has 5 rings (SSSR count). The van der Waals surface area contributed by atoms with Gasteiger partial charge in [0.15, 0.2) is 0 Å². The lowest BCUT2D eigenvalue weighted by molar-refractivity contribution is -0.118. The maximum Gasteiger partial charge on any atom is 0.349 e. The molecule has 10 heteroatoms. The molecule has 0 bridgehead atoms. The molecule has 1 aromatic heterocycles. The minimum absolute atomic E-state index is 0.0571. The number of rotatable bonds is 9. The summed E-state index contributed by atoms with van der Waals surface area (Å²) in [7, 11) is 0. The van der Waals surface area contributed by atoms with Gasteiger partial charge in [-0.15, -0.1) is 0 Å². The predicted octanol–water partition coefficient (Wildman–Crippen LogP) is 4.04. The fourth-order valence-corrected chi connectivity index (χ4v) is 6.36. The van der Waals surface area contributed by atoms with Crippen molar-refractivity contribution in [3.63, 3.8) is 0 Å². The highest BCUT2D eigenvalue weighted by Gasteiger charge is 2.42. The zero-order valence-corrected chi connectivity index (χ0v) is 25.4. The minimum atomic E-state index is -1.18. The number of aliphatic hydroxyl groups excluding tert-OH is 2.